The molecule has 1 unspecified atom stereocenters. The zero-order valence-electron chi connectivity index (χ0n) is 5.55. The van der Waals surface area contributed by atoms with Gasteiger partial charge in [0.25, 0.3) is 5.91 Å². The molecule has 0 spiro atoms. The molecule has 3 N–H and O–H groups in total. The molecular weight excluding hydrogens is 130 g/mol. The predicted octanol–water partition coefficient (Wildman–Crippen LogP) is -0.883. The van der Waals surface area contributed by atoms with Crippen molar-refractivity contribution in [3.63, 3.8) is 0 Å². The molecule has 4 nitrogen and oxygen atoms in total. The molecule has 1 aliphatic heterocycles. The maximum absolute atomic E-state index is 10.7. The summed E-state index contributed by atoms with van der Waals surface area (Å²) < 4.78 is 0. The Hall–Kier alpha value is -1.08. The van der Waals surface area contributed by atoms with Crippen molar-refractivity contribution < 1.29 is 4.79 Å². The highest BCUT2D eigenvalue weighted by Crippen LogP contribution is 2.16. The Morgan fingerprint density at radius 1 is 1.80 bits per heavy atom. The van der Waals surface area contributed by atoms with Crippen LogP contribution in [0, 0.1) is 11.3 Å². The lowest BCUT2D eigenvalue weighted by Gasteiger charge is -2.14. The van der Waals surface area contributed by atoms with Crippen LogP contribution in [0.3, 0.4) is 0 Å². The minimum absolute atomic E-state index is 0.541. The molecule has 54 valence electrons. The second kappa shape index (κ2) is 2.27. The fraction of sp³-hybridized carbons (Fsp3) is 0.667. The van der Waals surface area contributed by atoms with Crippen molar-refractivity contribution >= 4 is 5.91 Å². The van der Waals surface area contributed by atoms with E-state index in [2.05, 4.69) is 5.32 Å². The third-order valence-electron chi connectivity index (χ3n) is 1.77. The number of nitrogens with zero attached hydrogens (tertiary/aromatic N) is 1. The summed E-state index contributed by atoms with van der Waals surface area (Å²) in [4.78, 5) is 10.7. The van der Waals surface area contributed by atoms with E-state index in [0.717, 1.165) is 6.42 Å². The normalized spacial score (nSPS) is 31.5. The van der Waals surface area contributed by atoms with Crippen LogP contribution < -0.4 is 11.1 Å². The summed E-state index contributed by atoms with van der Waals surface area (Å²) in [6.45, 7) is 0.705. The van der Waals surface area contributed by atoms with E-state index in [1.165, 1.54) is 0 Å². The van der Waals surface area contributed by atoms with Crippen LogP contribution in [-0.4, -0.2) is 18.0 Å². The highest BCUT2D eigenvalue weighted by Gasteiger charge is 2.39. The molecule has 1 fully saturated rings. The number of rotatable bonds is 1. The molecule has 10 heavy (non-hydrogen) atoms. The number of hydrogen-bond donors (Lipinski definition) is 2. The fourth-order valence-corrected chi connectivity index (χ4v) is 1.10. The maximum Gasteiger partial charge on any atom is 0.252 e. The number of carbonyl (C=O) groups excluding carboxylic acids is 1. The van der Waals surface area contributed by atoms with Crippen LogP contribution in [0.4, 0.5) is 0 Å². The molecule has 0 bridgehead atoms. The van der Waals surface area contributed by atoms with Crippen molar-refractivity contribution in [3.8, 4) is 6.07 Å². The van der Waals surface area contributed by atoms with Gasteiger partial charge in [0, 0.05) is 0 Å². The van der Waals surface area contributed by atoms with Crippen LogP contribution in [0.1, 0.15) is 12.8 Å². The van der Waals surface area contributed by atoms with Gasteiger partial charge in [-0.05, 0) is 19.4 Å². The third-order valence-corrected chi connectivity index (χ3v) is 1.77. The van der Waals surface area contributed by atoms with Crippen molar-refractivity contribution in [1.29, 1.82) is 5.26 Å². The first-order chi connectivity index (χ1) is 4.71. The summed E-state index contributed by atoms with van der Waals surface area (Å²) in [5.74, 6) is -0.562. The second-order valence-corrected chi connectivity index (χ2v) is 2.41. The molecule has 1 rings (SSSR count). The van der Waals surface area contributed by atoms with E-state index in [4.69, 9.17) is 11.0 Å². The molecule has 0 saturated carbocycles. The van der Waals surface area contributed by atoms with Crippen LogP contribution in [0.25, 0.3) is 0 Å². The van der Waals surface area contributed by atoms with E-state index in [-0.39, 0.29) is 0 Å². The summed E-state index contributed by atoms with van der Waals surface area (Å²) in [5.41, 5.74) is 3.95. The molecule has 0 aliphatic carbocycles. The zero-order valence-corrected chi connectivity index (χ0v) is 5.55. The van der Waals surface area contributed by atoms with Crippen molar-refractivity contribution in [3.05, 3.63) is 0 Å². The van der Waals surface area contributed by atoms with Gasteiger partial charge in [-0.3, -0.25) is 10.1 Å². The largest absolute Gasteiger partial charge is 0.367 e. The molecule has 0 radical (unpaired) electrons. The molecule has 0 aromatic carbocycles. The van der Waals surface area contributed by atoms with E-state index >= 15 is 0 Å². The van der Waals surface area contributed by atoms with Crippen LogP contribution in [-0.2, 0) is 4.79 Å². The first kappa shape index (κ1) is 7.03. The van der Waals surface area contributed by atoms with Crippen molar-refractivity contribution in [2.45, 2.75) is 18.4 Å². The number of nitrogens with two attached hydrogens (primary N) is 1. The van der Waals surface area contributed by atoms with Gasteiger partial charge in [0.15, 0.2) is 5.54 Å². The first-order valence-corrected chi connectivity index (χ1v) is 3.17. The lowest BCUT2D eigenvalue weighted by atomic mass is 9.99. The van der Waals surface area contributed by atoms with Crippen LogP contribution in [0.2, 0.25) is 0 Å². The summed E-state index contributed by atoms with van der Waals surface area (Å²) in [5, 5.41) is 11.4. The number of amides is 1. The van der Waals surface area contributed by atoms with Gasteiger partial charge >= 0.3 is 0 Å². The molecule has 1 atom stereocenters. The van der Waals surface area contributed by atoms with Crippen molar-refractivity contribution in [1.82, 2.24) is 5.32 Å². The van der Waals surface area contributed by atoms with Crippen LogP contribution >= 0.6 is 0 Å². The molecule has 0 aromatic rings. The number of hydrogen-bond acceptors (Lipinski definition) is 3. The van der Waals surface area contributed by atoms with Gasteiger partial charge in [-0.1, -0.05) is 0 Å². The molecule has 1 aliphatic rings. The van der Waals surface area contributed by atoms with Crippen molar-refractivity contribution in [2.75, 3.05) is 6.54 Å². The Labute approximate surface area is 59.0 Å². The minimum Gasteiger partial charge on any atom is -0.367 e. The Morgan fingerprint density at radius 2 is 2.50 bits per heavy atom. The van der Waals surface area contributed by atoms with E-state index in [1.807, 2.05) is 6.07 Å². The fourth-order valence-electron chi connectivity index (χ4n) is 1.10. The molecule has 1 saturated heterocycles. The van der Waals surface area contributed by atoms with E-state index in [9.17, 15) is 4.79 Å². The van der Waals surface area contributed by atoms with Crippen LogP contribution in [0.5, 0.6) is 0 Å². The van der Waals surface area contributed by atoms with Gasteiger partial charge in [0.05, 0.1) is 6.07 Å². The Balaban J connectivity index is 2.80. The number of carbonyl (C=O) groups is 1. The maximum atomic E-state index is 10.7. The van der Waals surface area contributed by atoms with Gasteiger partial charge in [-0.2, -0.15) is 5.26 Å². The van der Waals surface area contributed by atoms with Gasteiger partial charge < -0.3 is 5.73 Å². The molecule has 1 amide bonds. The summed E-state index contributed by atoms with van der Waals surface area (Å²) >= 11 is 0. The summed E-state index contributed by atoms with van der Waals surface area (Å²) in [7, 11) is 0. The zero-order chi connectivity index (χ0) is 7.61. The van der Waals surface area contributed by atoms with E-state index in [1.54, 1.807) is 0 Å². The standard InChI is InChI=1S/C6H9N3O/c7-4-6(5(8)10)2-1-3-9-6/h9H,1-3H2,(H2,8,10). The Bertz CT molecular complexity index is 188. The summed E-state index contributed by atoms with van der Waals surface area (Å²) in [6.07, 6.45) is 1.38. The second-order valence-electron chi connectivity index (χ2n) is 2.41. The predicted molar refractivity (Wildman–Crippen MR) is 34.8 cm³/mol. The summed E-state index contributed by atoms with van der Waals surface area (Å²) in [6, 6.07) is 1.89. The van der Waals surface area contributed by atoms with Gasteiger partial charge in [0.2, 0.25) is 0 Å². The highest BCUT2D eigenvalue weighted by atomic mass is 16.1. The number of primary amides is 1. The van der Waals surface area contributed by atoms with Gasteiger partial charge in [0.1, 0.15) is 0 Å². The number of nitrogens with one attached hydrogen (secondary N) is 1. The lowest BCUT2D eigenvalue weighted by molar-refractivity contribution is -0.121. The third kappa shape index (κ3) is 0.847. The number of nitriles is 1. The molecule has 1 heterocycles. The molecular formula is C6H9N3O. The van der Waals surface area contributed by atoms with E-state index < -0.39 is 11.4 Å². The van der Waals surface area contributed by atoms with Crippen molar-refractivity contribution in [2.24, 2.45) is 5.73 Å². The molecule has 4 heteroatoms. The average Bonchev–Trinajstić information content (AvgIpc) is 2.35. The smallest absolute Gasteiger partial charge is 0.252 e. The lowest BCUT2D eigenvalue weighted by Crippen LogP contribution is -2.50. The first-order valence-electron chi connectivity index (χ1n) is 3.17. The Kier molecular flexibility index (Phi) is 1.60. The quantitative estimate of drug-likeness (QED) is 0.495. The topological polar surface area (TPSA) is 78.9 Å². The SMILES string of the molecule is N#CC1(C(N)=O)CCCN1. The Morgan fingerprint density at radius 3 is 2.70 bits per heavy atom. The van der Waals surface area contributed by atoms with Gasteiger partial charge in [-0.15, -0.1) is 0 Å². The minimum atomic E-state index is -1.07. The van der Waals surface area contributed by atoms with Gasteiger partial charge in [-0.25, -0.2) is 0 Å². The highest BCUT2D eigenvalue weighted by molar-refractivity contribution is 5.88. The average molecular weight is 139 g/mol. The monoisotopic (exact) mass is 139 g/mol. The van der Waals surface area contributed by atoms with Crippen LogP contribution in [0.15, 0.2) is 0 Å². The van der Waals surface area contributed by atoms with E-state index in [0.29, 0.717) is 13.0 Å². The molecule has 0 aromatic heterocycles.